The lowest BCUT2D eigenvalue weighted by Crippen LogP contribution is -2.15. The second-order valence-electron chi connectivity index (χ2n) is 6.11. The van der Waals surface area contributed by atoms with Crippen LogP contribution in [0.5, 0.6) is 0 Å². The molecule has 1 fully saturated rings. The van der Waals surface area contributed by atoms with Crippen LogP contribution in [0.1, 0.15) is 56.1 Å². The maximum Gasteiger partial charge on any atom is 0.412 e. The zero-order valence-electron chi connectivity index (χ0n) is 12.8. The Morgan fingerprint density at radius 2 is 1.68 bits per heavy atom. The van der Waals surface area contributed by atoms with Crippen molar-refractivity contribution in [2.24, 2.45) is 5.92 Å². The van der Waals surface area contributed by atoms with E-state index in [1.54, 1.807) is 0 Å². The Balaban J connectivity index is 1.93. The van der Waals surface area contributed by atoms with E-state index in [2.05, 4.69) is 31.2 Å². The Labute approximate surface area is 129 Å². The molecule has 122 valence electrons. The average Bonchev–Trinajstić information content (AvgIpc) is 2.47. The summed E-state index contributed by atoms with van der Waals surface area (Å²) in [4.78, 5) is 0. The lowest BCUT2D eigenvalue weighted by molar-refractivity contribution is -0.0820. The Morgan fingerprint density at radius 1 is 1.09 bits per heavy atom. The van der Waals surface area contributed by atoms with Gasteiger partial charge in [-0.15, -0.1) is 0 Å². The highest BCUT2D eigenvalue weighted by Crippen LogP contribution is 2.40. The fourth-order valence-corrected chi connectivity index (χ4v) is 3.22. The third kappa shape index (κ3) is 4.85. The molecule has 0 unspecified atom stereocenters. The summed E-state index contributed by atoms with van der Waals surface area (Å²) >= 11 is 0. The van der Waals surface area contributed by atoms with E-state index >= 15 is 0 Å². The maximum absolute atomic E-state index is 13.6. The van der Waals surface area contributed by atoms with Crippen LogP contribution in [0.3, 0.4) is 0 Å². The Morgan fingerprint density at radius 3 is 2.18 bits per heavy atom. The standard InChI is InChI=1S/C18H22F4/c1-2-3-13-4-6-14(7-5-13)15-8-10-16(11-9-15)17(19)12-18(20,21)22/h4-7,12,15-16H,2-3,8-11H2,1H3. The van der Waals surface area contributed by atoms with E-state index in [1.807, 2.05) is 0 Å². The van der Waals surface area contributed by atoms with Crippen molar-refractivity contribution in [2.45, 2.75) is 57.5 Å². The van der Waals surface area contributed by atoms with Gasteiger partial charge in [0.2, 0.25) is 0 Å². The highest BCUT2D eigenvalue weighted by Gasteiger charge is 2.30. The summed E-state index contributed by atoms with van der Waals surface area (Å²) in [5.74, 6) is -1.24. The molecule has 0 radical (unpaired) electrons. The number of hydrogen-bond acceptors (Lipinski definition) is 0. The third-order valence-corrected chi connectivity index (χ3v) is 4.41. The lowest BCUT2D eigenvalue weighted by atomic mass is 9.78. The minimum atomic E-state index is -4.56. The van der Waals surface area contributed by atoms with E-state index < -0.39 is 17.9 Å². The van der Waals surface area contributed by atoms with Gasteiger partial charge in [0, 0.05) is 5.92 Å². The van der Waals surface area contributed by atoms with Crippen molar-refractivity contribution < 1.29 is 17.6 Å². The molecule has 1 aliphatic carbocycles. The first-order valence-corrected chi connectivity index (χ1v) is 7.93. The number of halogens is 4. The van der Waals surface area contributed by atoms with Crippen LogP contribution < -0.4 is 0 Å². The van der Waals surface area contributed by atoms with Crippen LogP contribution in [-0.4, -0.2) is 6.18 Å². The zero-order chi connectivity index (χ0) is 16.2. The molecule has 0 amide bonds. The van der Waals surface area contributed by atoms with E-state index in [1.165, 1.54) is 11.1 Å². The zero-order valence-corrected chi connectivity index (χ0v) is 12.8. The maximum atomic E-state index is 13.6. The van der Waals surface area contributed by atoms with Crippen molar-refractivity contribution in [1.82, 2.24) is 0 Å². The third-order valence-electron chi connectivity index (χ3n) is 4.41. The molecule has 22 heavy (non-hydrogen) atoms. The van der Waals surface area contributed by atoms with Crippen LogP contribution in [0.4, 0.5) is 17.6 Å². The molecule has 0 atom stereocenters. The van der Waals surface area contributed by atoms with E-state index in [4.69, 9.17) is 0 Å². The van der Waals surface area contributed by atoms with Gasteiger partial charge in [0.1, 0.15) is 5.83 Å². The normalized spacial score (nSPS) is 23.6. The van der Waals surface area contributed by atoms with Gasteiger partial charge in [0.05, 0.1) is 6.08 Å². The molecule has 0 heterocycles. The molecule has 1 aliphatic rings. The molecule has 0 spiro atoms. The van der Waals surface area contributed by atoms with Gasteiger partial charge in [-0.2, -0.15) is 13.2 Å². The molecule has 1 saturated carbocycles. The summed E-state index contributed by atoms with van der Waals surface area (Å²) in [6, 6.07) is 8.46. The van der Waals surface area contributed by atoms with Gasteiger partial charge in [-0.3, -0.25) is 0 Å². The number of allylic oxidation sites excluding steroid dienone is 2. The topological polar surface area (TPSA) is 0 Å². The van der Waals surface area contributed by atoms with Crippen LogP contribution in [0.25, 0.3) is 0 Å². The molecule has 0 bridgehead atoms. The second kappa shape index (κ2) is 7.30. The second-order valence-corrected chi connectivity index (χ2v) is 6.11. The minimum absolute atomic E-state index is 0.183. The van der Waals surface area contributed by atoms with Crippen LogP contribution in [-0.2, 0) is 6.42 Å². The fraction of sp³-hybridized carbons (Fsp3) is 0.556. The van der Waals surface area contributed by atoms with Gasteiger partial charge < -0.3 is 0 Å². The number of benzene rings is 1. The van der Waals surface area contributed by atoms with Gasteiger partial charge in [0.15, 0.2) is 0 Å². The summed E-state index contributed by atoms with van der Waals surface area (Å²) in [5.41, 5.74) is 2.53. The minimum Gasteiger partial charge on any atom is -0.212 e. The van der Waals surface area contributed by atoms with Crippen LogP contribution in [0.15, 0.2) is 36.2 Å². The lowest BCUT2D eigenvalue weighted by Gasteiger charge is -2.28. The van der Waals surface area contributed by atoms with Gasteiger partial charge in [-0.05, 0) is 49.1 Å². The van der Waals surface area contributed by atoms with Crippen LogP contribution >= 0.6 is 0 Å². The van der Waals surface area contributed by atoms with E-state index in [9.17, 15) is 17.6 Å². The molecule has 0 nitrogen and oxygen atoms in total. The molecule has 0 N–H and O–H groups in total. The SMILES string of the molecule is CCCc1ccc(C2CCC(C(F)=CC(F)(F)F)CC2)cc1. The summed E-state index contributed by atoms with van der Waals surface area (Å²) in [6.45, 7) is 2.14. The summed E-state index contributed by atoms with van der Waals surface area (Å²) < 4.78 is 50.2. The molecule has 4 heteroatoms. The molecule has 1 aromatic carbocycles. The van der Waals surface area contributed by atoms with Crippen molar-refractivity contribution in [1.29, 1.82) is 0 Å². The first kappa shape index (κ1) is 17.0. The van der Waals surface area contributed by atoms with Gasteiger partial charge in [-0.1, -0.05) is 37.6 Å². The number of hydrogen-bond donors (Lipinski definition) is 0. The Kier molecular flexibility index (Phi) is 5.65. The predicted molar refractivity (Wildman–Crippen MR) is 80.4 cm³/mol. The van der Waals surface area contributed by atoms with Crippen LogP contribution in [0, 0.1) is 5.92 Å². The molecule has 0 aromatic heterocycles. The van der Waals surface area contributed by atoms with Crippen molar-refractivity contribution in [2.75, 3.05) is 0 Å². The van der Waals surface area contributed by atoms with Crippen molar-refractivity contribution in [3.63, 3.8) is 0 Å². The highest BCUT2D eigenvalue weighted by atomic mass is 19.4. The molecule has 1 aromatic rings. The Bertz CT molecular complexity index is 491. The first-order valence-electron chi connectivity index (χ1n) is 7.93. The largest absolute Gasteiger partial charge is 0.412 e. The summed E-state index contributed by atoms with van der Waals surface area (Å²) in [5, 5.41) is 0. The molecule has 0 saturated heterocycles. The number of rotatable bonds is 4. The quantitative estimate of drug-likeness (QED) is 0.570. The van der Waals surface area contributed by atoms with Crippen molar-refractivity contribution in [3.8, 4) is 0 Å². The number of aryl methyl sites for hydroxylation is 1. The molecule has 2 rings (SSSR count). The summed E-state index contributed by atoms with van der Waals surface area (Å²) in [6.07, 6.45) is -0.114. The van der Waals surface area contributed by atoms with Gasteiger partial charge in [-0.25, -0.2) is 4.39 Å². The predicted octanol–water partition coefficient (Wildman–Crippen LogP) is 6.33. The van der Waals surface area contributed by atoms with Gasteiger partial charge in [0.25, 0.3) is 0 Å². The smallest absolute Gasteiger partial charge is 0.212 e. The van der Waals surface area contributed by atoms with Gasteiger partial charge >= 0.3 is 6.18 Å². The van der Waals surface area contributed by atoms with Crippen molar-refractivity contribution in [3.05, 3.63) is 47.3 Å². The monoisotopic (exact) mass is 314 g/mol. The molecule has 0 aliphatic heterocycles. The highest BCUT2D eigenvalue weighted by molar-refractivity contribution is 5.26. The average molecular weight is 314 g/mol. The molecular formula is C18H22F4. The summed E-state index contributed by atoms with van der Waals surface area (Å²) in [7, 11) is 0. The van der Waals surface area contributed by atoms with Crippen LogP contribution in [0.2, 0.25) is 0 Å². The van der Waals surface area contributed by atoms with E-state index in [0.29, 0.717) is 18.8 Å². The fourth-order valence-electron chi connectivity index (χ4n) is 3.22. The van der Waals surface area contributed by atoms with Crippen molar-refractivity contribution >= 4 is 0 Å². The molecular weight excluding hydrogens is 292 g/mol. The van der Waals surface area contributed by atoms with E-state index in [0.717, 1.165) is 25.7 Å². The first-order chi connectivity index (χ1) is 10.4. The van der Waals surface area contributed by atoms with E-state index in [-0.39, 0.29) is 6.08 Å². The Hall–Kier alpha value is -1.32. The number of alkyl halides is 3.